The second-order valence-electron chi connectivity index (χ2n) is 5.22. The van der Waals surface area contributed by atoms with Gasteiger partial charge in [-0.15, -0.1) is 0 Å². The molecule has 1 atom stereocenters. The smallest absolute Gasteiger partial charge is 0.123 e. The van der Waals surface area contributed by atoms with E-state index in [0.717, 1.165) is 13.1 Å². The highest BCUT2D eigenvalue weighted by Crippen LogP contribution is 2.16. The first-order valence-corrected chi connectivity index (χ1v) is 6.38. The lowest BCUT2D eigenvalue weighted by molar-refractivity contribution is -0.0127. The number of benzene rings is 1. The van der Waals surface area contributed by atoms with Crippen LogP contribution < -0.4 is 4.74 Å². The van der Waals surface area contributed by atoms with E-state index in [4.69, 9.17) is 4.74 Å². The lowest BCUT2D eigenvalue weighted by Crippen LogP contribution is -2.44. The number of rotatable bonds is 5. The van der Waals surface area contributed by atoms with Gasteiger partial charge in [-0.3, -0.25) is 0 Å². The Hall–Kier alpha value is -1.13. The third-order valence-corrected chi connectivity index (χ3v) is 3.13. The van der Waals surface area contributed by atoms with Crippen molar-refractivity contribution in [2.45, 2.75) is 25.4 Å². The summed E-state index contributed by atoms with van der Waals surface area (Å²) in [4.78, 5) is 2.24. The van der Waals surface area contributed by atoms with Crippen molar-refractivity contribution in [3.8, 4) is 5.75 Å². The Labute approximate surface area is 107 Å². The zero-order valence-electron chi connectivity index (χ0n) is 10.7. The molecule has 1 fully saturated rings. The number of hydrogen-bond acceptors (Lipinski definition) is 3. The summed E-state index contributed by atoms with van der Waals surface area (Å²) in [6, 6.07) is 5.84. The van der Waals surface area contributed by atoms with Crippen molar-refractivity contribution in [2.24, 2.45) is 0 Å². The molecule has 0 bridgehead atoms. The number of aliphatic hydroxyl groups is 1. The van der Waals surface area contributed by atoms with E-state index in [1.54, 1.807) is 19.1 Å². The lowest BCUT2D eigenvalue weighted by Gasteiger charge is -2.28. The highest BCUT2D eigenvalue weighted by atomic mass is 19.1. The fourth-order valence-electron chi connectivity index (χ4n) is 2.24. The van der Waals surface area contributed by atoms with Crippen LogP contribution in [0.4, 0.5) is 4.39 Å². The standard InChI is InChI=1S/C14H20FNO2/c1-14(17,10-16-8-2-3-9-16)11-18-13-6-4-12(15)5-7-13/h4-7,17H,2-3,8-11H2,1H3/t14-/m0/s1. The molecule has 1 N–H and O–H groups in total. The van der Waals surface area contributed by atoms with Crippen LogP contribution in [-0.4, -0.2) is 41.8 Å². The van der Waals surface area contributed by atoms with Gasteiger partial charge in [-0.05, 0) is 57.1 Å². The molecule has 1 aromatic carbocycles. The Morgan fingerprint density at radius 1 is 1.28 bits per heavy atom. The van der Waals surface area contributed by atoms with Gasteiger partial charge in [0.2, 0.25) is 0 Å². The maximum Gasteiger partial charge on any atom is 0.123 e. The molecular formula is C14H20FNO2. The molecule has 0 radical (unpaired) electrons. The Morgan fingerprint density at radius 3 is 2.50 bits per heavy atom. The molecule has 0 saturated carbocycles. The second kappa shape index (κ2) is 5.67. The summed E-state index contributed by atoms with van der Waals surface area (Å²) >= 11 is 0. The van der Waals surface area contributed by atoms with Crippen molar-refractivity contribution in [1.82, 2.24) is 4.90 Å². The van der Waals surface area contributed by atoms with Gasteiger partial charge in [0.25, 0.3) is 0 Å². The van der Waals surface area contributed by atoms with E-state index in [9.17, 15) is 9.50 Å². The Balaban J connectivity index is 1.82. The van der Waals surface area contributed by atoms with Gasteiger partial charge >= 0.3 is 0 Å². The molecule has 100 valence electrons. The summed E-state index contributed by atoms with van der Waals surface area (Å²) in [5.74, 6) is 0.296. The lowest BCUT2D eigenvalue weighted by atomic mass is 10.1. The predicted octanol–water partition coefficient (Wildman–Crippen LogP) is 2.05. The van der Waals surface area contributed by atoms with Crippen molar-refractivity contribution < 1.29 is 14.2 Å². The molecule has 1 saturated heterocycles. The quantitative estimate of drug-likeness (QED) is 0.871. The van der Waals surface area contributed by atoms with Crippen LogP contribution in [0.2, 0.25) is 0 Å². The van der Waals surface area contributed by atoms with Gasteiger partial charge < -0.3 is 14.7 Å². The first kappa shape index (κ1) is 13.3. The molecule has 3 nitrogen and oxygen atoms in total. The van der Waals surface area contributed by atoms with E-state index in [0.29, 0.717) is 12.3 Å². The molecule has 0 amide bonds. The van der Waals surface area contributed by atoms with E-state index >= 15 is 0 Å². The second-order valence-corrected chi connectivity index (χ2v) is 5.22. The molecular weight excluding hydrogens is 233 g/mol. The maximum atomic E-state index is 12.7. The van der Waals surface area contributed by atoms with Crippen LogP contribution in [-0.2, 0) is 0 Å². The fourth-order valence-corrected chi connectivity index (χ4v) is 2.24. The summed E-state index contributed by atoms with van der Waals surface area (Å²) in [6.45, 7) is 4.71. The number of β-amino-alcohol motifs (C(OH)–C–C–N with tert-alkyl or cyclic N) is 1. The molecule has 0 unspecified atom stereocenters. The normalized spacial score (nSPS) is 19.7. The van der Waals surface area contributed by atoms with Crippen molar-refractivity contribution in [2.75, 3.05) is 26.2 Å². The van der Waals surface area contributed by atoms with E-state index in [1.807, 2.05) is 0 Å². The zero-order chi connectivity index (χ0) is 13.0. The summed E-state index contributed by atoms with van der Waals surface area (Å²) < 4.78 is 18.2. The molecule has 18 heavy (non-hydrogen) atoms. The third kappa shape index (κ3) is 3.96. The third-order valence-electron chi connectivity index (χ3n) is 3.13. The van der Waals surface area contributed by atoms with E-state index in [2.05, 4.69) is 4.90 Å². The summed E-state index contributed by atoms with van der Waals surface area (Å²) in [5.41, 5.74) is -0.876. The van der Waals surface area contributed by atoms with Crippen LogP contribution in [0, 0.1) is 5.82 Å². The zero-order valence-corrected chi connectivity index (χ0v) is 10.7. The first-order chi connectivity index (χ1) is 8.55. The Bertz CT molecular complexity index is 372. The highest BCUT2D eigenvalue weighted by molar-refractivity contribution is 5.22. The average molecular weight is 253 g/mol. The topological polar surface area (TPSA) is 32.7 Å². The van der Waals surface area contributed by atoms with Crippen molar-refractivity contribution in [1.29, 1.82) is 0 Å². The molecule has 1 aliphatic rings. The molecule has 0 aliphatic carbocycles. The molecule has 4 heteroatoms. The largest absolute Gasteiger partial charge is 0.491 e. The minimum absolute atomic E-state index is 0.217. The Kier molecular flexibility index (Phi) is 4.19. The number of nitrogens with zero attached hydrogens (tertiary/aromatic N) is 1. The fraction of sp³-hybridized carbons (Fsp3) is 0.571. The number of hydrogen-bond donors (Lipinski definition) is 1. The number of halogens is 1. The predicted molar refractivity (Wildman–Crippen MR) is 68.2 cm³/mol. The van der Waals surface area contributed by atoms with Crippen LogP contribution in [0.25, 0.3) is 0 Å². The summed E-state index contributed by atoms with van der Waals surface area (Å²) in [5, 5.41) is 10.3. The van der Waals surface area contributed by atoms with Crippen molar-refractivity contribution >= 4 is 0 Å². The van der Waals surface area contributed by atoms with Gasteiger partial charge in [0.15, 0.2) is 0 Å². The van der Waals surface area contributed by atoms with Gasteiger partial charge in [0.1, 0.15) is 23.8 Å². The van der Waals surface area contributed by atoms with Gasteiger partial charge in [0.05, 0.1) is 0 Å². The van der Waals surface area contributed by atoms with Crippen LogP contribution in [0.15, 0.2) is 24.3 Å². The molecule has 1 aromatic rings. The van der Waals surface area contributed by atoms with Gasteiger partial charge in [-0.1, -0.05) is 0 Å². The maximum absolute atomic E-state index is 12.7. The molecule has 0 aromatic heterocycles. The summed E-state index contributed by atoms with van der Waals surface area (Å²) in [6.07, 6.45) is 2.41. The first-order valence-electron chi connectivity index (χ1n) is 6.38. The van der Waals surface area contributed by atoms with Crippen molar-refractivity contribution in [3.63, 3.8) is 0 Å². The SMILES string of the molecule is C[C@@](O)(COc1ccc(F)cc1)CN1CCCC1. The van der Waals surface area contributed by atoms with Crippen LogP contribution in [0.1, 0.15) is 19.8 Å². The number of likely N-dealkylation sites (tertiary alicyclic amines) is 1. The summed E-state index contributed by atoms with van der Waals surface area (Å²) in [7, 11) is 0. The minimum Gasteiger partial charge on any atom is -0.491 e. The molecule has 1 aliphatic heterocycles. The molecule has 1 heterocycles. The van der Waals surface area contributed by atoms with Gasteiger partial charge in [0, 0.05) is 6.54 Å². The Morgan fingerprint density at radius 2 is 1.89 bits per heavy atom. The van der Waals surface area contributed by atoms with Gasteiger partial charge in [-0.25, -0.2) is 4.39 Å². The molecule has 2 rings (SSSR count). The van der Waals surface area contributed by atoms with Crippen molar-refractivity contribution in [3.05, 3.63) is 30.1 Å². The van der Waals surface area contributed by atoms with E-state index in [-0.39, 0.29) is 12.4 Å². The monoisotopic (exact) mass is 253 g/mol. The van der Waals surface area contributed by atoms with Crippen LogP contribution in [0.3, 0.4) is 0 Å². The minimum atomic E-state index is -0.876. The number of ether oxygens (including phenoxy) is 1. The van der Waals surface area contributed by atoms with Crippen LogP contribution in [0.5, 0.6) is 5.75 Å². The molecule has 0 spiro atoms. The van der Waals surface area contributed by atoms with E-state index in [1.165, 1.54) is 25.0 Å². The van der Waals surface area contributed by atoms with Gasteiger partial charge in [-0.2, -0.15) is 0 Å². The van der Waals surface area contributed by atoms with E-state index < -0.39 is 5.60 Å². The average Bonchev–Trinajstić information content (AvgIpc) is 2.80. The highest BCUT2D eigenvalue weighted by Gasteiger charge is 2.26. The van der Waals surface area contributed by atoms with Crippen LogP contribution >= 0.6 is 0 Å².